The van der Waals surface area contributed by atoms with Crippen LogP contribution in [0.3, 0.4) is 0 Å². The van der Waals surface area contributed by atoms with Crippen molar-refractivity contribution in [3.05, 3.63) is 35.9 Å². The van der Waals surface area contributed by atoms with Gasteiger partial charge in [-0.15, -0.1) is 0 Å². The molecule has 16 heavy (non-hydrogen) atoms. The maximum absolute atomic E-state index is 11.6. The molecule has 0 saturated carbocycles. The van der Waals surface area contributed by atoms with Crippen molar-refractivity contribution in [2.75, 3.05) is 0 Å². The average molecular weight is 221 g/mol. The highest BCUT2D eigenvalue weighted by Gasteiger charge is 2.28. The highest BCUT2D eigenvalue weighted by Crippen LogP contribution is 2.18. The Balaban J connectivity index is 2.48. The Bertz CT molecular complexity index is 341. The van der Waals surface area contributed by atoms with Crippen LogP contribution in [0.5, 0.6) is 0 Å². The van der Waals surface area contributed by atoms with Crippen molar-refractivity contribution >= 4 is 5.91 Å². The van der Waals surface area contributed by atoms with Crippen molar-refractivity contribution in [1.82, 2.24) is 5.32 Å². The largest absolute Gasteiger partial charge is 0.383 e. The zero-order valence-corrected chi connectivity index (χ0v) is 10.0. The highest BCUT2D eigenvalue weighted by molar-refractivity contribution is 5.81. The van der Waals surface area contributed by atoms with Crippen LogP contribution < -0.4 is 5.32 Å². The number of rotatable bonds is 3. The maximum atomic E-state index is 11.6. The van der Waals surface area contributed by atoms with Crippen molar-refractivity contribution in [3.63, 3.8) is 0 Å². The summed E-state index contributed by atoms with van der Waals surface area (Å²) in [5.74, 6) is -0.323. The Labute approximate surface area is 96.5 Å². The molecule has 0 radical (unpaired) electrons. The Morgan fingerprint density at radius 2 is 1.88 bits per heavy atom. The number of aliphatic hydroxyl groups is 1. The van der Waals surface area contributed by atoms with Crippen LogP contribution in [-0.4, -0.2) is 17.1 Å². The number of benzene rings is 1. The zero-order valence-electron chi connectivity index (χ0n) is 10.0. The summed E-state index contributed by atoms with van der Waals surface area (Å²) in [6.45, 7) is 5.95. The molecular weight excluding hydrogens is 202 g/mol. The van der Waals surface area contributed by atoms with Crippen LogP contribution in [0.2, 0.25) is 0 Å². The minimum Gasteiger partial charge on any atom is -0.383 e. The Kier molecular flexibility index (Phi) is 4.07. The second-order valence-corrected chi connectivity index (χ2v) is 4.97. The van der Waals surface area contributed by atoms with Gasteiger partial charge >= 0.3 is 0 Å². The molecule has 1 aromatic carbocycles. The minimum absolute atomic E-state index is 0.323. The van der Waals surface area contributed by atoms with Crippen molar-refractivity contribution in [3.8, 4) is 0 Å². The molecule has 2 N–H and O–H groups in total. The molecule has 0 saturated heterocycles. The predicted octanol–water partition coefficient (Wildman–Crippen LogP) is 1.71. The standard InChI is InChI=1S/C13H19NO2/c1-13(2,3)11(15)12(16)14-9-10-7-5-4-6-8-10/h4-8,11,15H,9H2,1-3H3,(H,14,16). The molecule has 3 nitrogen and oxygen atoms in total. The maximum Gasteiger partial charge on any atom is 0.249 e. The number of amides is 1. The van der Waals surface area contributed by atoms with Gasteiger partial charge in [-0.05, 0) is 11.0 Å². The van der Waals surface area contributed by atoms with E-state index in [1.807, 2.05) is 51.1 Å². The van der Waals surface area contributed by atoms with Crippen molar-refractivity contribution in [2.24, 2.45) is 5.41 Å². The lowest BCUT2D eigenvalue weighted by Gasteiger charge is -2.24. The first-order valence-corrected chi connectivity index (χ1v) is 5.41. The molecule has 0 aliphatic heterocycles. The van der Waals surface area contributed by atoms with E-state index in [1.54, 1.807) is 0 Å². The van der Waals surface area contributed by atoms with Crippen LogP contribution >= 0.6 is 0 Å². The smallest absolute Gasteiger partial charge is 0.249 e. The fraction of sp³-hybridized carbons (Fsp3) is 0.462. The van der Waals surface area contributed by atoms with Crippen LogP contribution in [0, 0.1) is 5.41 Å². The van der Waals surface area contributed by atoms with Gasteiger partial charge in [-0.2, -0.15) is 0 Å². The Morgan fingerprint density at radius 3 is 2.38 bits per heavy atom. The van der Waals surface area contributed by atoms with Gasteiger partial charge in [-0.25, -0.2) is 0 Å². The molecule has 3 heteroatoms. The lowest BCUT2D eigenvalue weighted by Crippen LogP contribution is -2.42. The van der Waals surface area contributed by atoms with E-state index < -0.39 is 11.5 Å². The minimum atomic E-state index is -0.976. The molecule has 88 valence electrons. The van der Waals surface area contributed by atoms with Crippen molar-refractivity contribution in [1.29, 1.82) is 0 Å². The predicted molar refractivity (Wildman–Crippen MR) is 63.8 cm³/mol. The molecule has 0 bridgehead atoms. The molecule has 0 fully saturated rings. The molecular formula is C13H19NO2. The van der Waals surface area contributed by atoms with Gasteiger partial charge in [-0.3, -0.25) is 4.79 Å². The van der Waals surface area contributed by atoms with Gasteiger partial charge in [0.2, 0.25) is 5.91 Å². The van der Waals surface area contributed by atoms with Crippen molar-refractivity contribution < 1.29 is 9.90 Å². The van der Waals surface area contributed by atoms with Crippen LogP contribution in [0.15, 0.2) is 30.3 Å². The van der Waals surface area contributed by atoms with Gasteiger partial charge < -0.3 is 10.4 Å². The van der Waals surface area contributed by atoms with E-state index in [4.69, 9.17) is 0 Å². The first-order chi connectivity index (χ1) is 7.41. The van der Waals surface area contributed by atoms with E-state index in [0.29, 0.717) is 6.54 Å². The van der Waals surface area contributed by atoms with E-state index >= 15 is 0 Å². The van der Waals surface area contributed by atoms with Crippen LogP contribution in [0.25, 0.3) is 0 Å². The third kappa shape index (κ3) is 3.66. The summed E-state index contributed by atoms with van der Waals surface area (Å²) in [7, 11) is 0. The topological polar surface area (TPSA) is 49.3 Å². The van der Waals surface area contributed by atoms with Crippen LogP contribution in [0.1, 0.15) is 26.3 Å². The lowest BCUT2D eigenvalue weighted by atomic mass is 9.88. The highest BCUT2D eigenvalue weighted by atomic mass is 16.3. The monoisotopic (exact) mass is 221 g/mol. The molecule has 1 aromatic rings. The van der Waals surface area contributed by atoms with E-state index in [0.717, 1.165) is 5.56 Å². The molecule has 1 atom stereocenters. The summed E-state index contributed by atoms with van der Waals surface area (Å²) < 4.78 is 0. The number of nitrogens with one attached hydrogen (secondary N) is 1. The summed E-state index contributed by atoms with van der Waals surface area (Å²) in [6.07, 6.45) is -0.976. The summed E-state index contributed by atoms with van der Waals surface area (Å²) in [4.78, 5) is 11.6. The van der Waals surface area contributed by atoms with Gasteiger partial charge in [-0.1, -0.05) is 51.1 Å². The molecule has 0 heterocycles. The number of hydrogen-bond acceptors (Lipinski definition) is 2. The molecule has 0 aliphatic rings. The molecule has 0 spiro atoms. The number of aliphatic hydroxyl groups excluding tert-OH is 1. The molecule has 1 unspecified atom stereocenters. The van der Waals surface area contributed by atoms with Gasteiger partial charge in [0, 0.05) is 6.54 Å². The Hall–Kier alpha value is -1.35. The van der Waals surface area contributed by atoms with E-state index in [1.165, 1.54) is 0 Å². The van der Waals surface area contributed by atoms with Gasteiger partial charge in [0.1, 0.15) is 6.10 Å². The average Bonchev–Trinajstić information content (AvgIpc) is 2.25. The summed E-state index contributed by atoms with van der Waals surface area (Å²) in [5.41, 5.74) is 0.595. The normalized spacial score (nSPS) is 13.2. The molecule has 1 rings (SSSR count). The second-order valence-electron chi connectivity index (χ2n) is 4.97. The Morgan fingerprint density at radius 1 is 1.31 bits per heavy atom. The fourth-order valence-electron chi connectivity index (χ4n) is 1.27. The number of hydrogen-bond donors (Lipinski definition) is 2. The van der Waals surface area contributed by atoms with E-state index in [9.17, 15) is 9.90 Å². The number of carbonyl (C=O) groups excluding carboxylic acids is 1. The molecule has 0 aliphatic carbocycles. The third-order valence-corrected chi connectivity index (χ3v) is 2.38. The summed E-state index contributed by atoms with van der Waals surface area (Å²) >= 11 is 0. The van der Waals surface area contributed by atoms with E-state index in [2.05, 4.69) is 5.32 Å². The lowest BCUT2D eigenvalue weighted by molar-refractivity contribution is -0.134. The quantitative estimate of drug-likeness (QED) is 0.816. The zero-order chi connectivity index (χ0) is 12.2. The number of carbonyl (C=O) groups is 1. The third-order valence-electron chi connectivity index (χ3n) is 2.38. The SMILES string of the molecule is CC(C)(C)C(O)C(=O)NCc1ccccc1. The van der Waals surface area contributed by atoms with Gasteiger partial charge in [0.25, 0.3) is 0 Å². The molecule has 1 amide bonds. The summed E-state index contributed by atoms with van der Waals surface area (Å²) in [5, 5.41) is 12.4. The van der Waals surface area contributed by atoms with Crippen LogP contribution in [0.4, 0.5) is 0 Å². The molecule has 0 aromatic heterocycles. The second kappa shape index (κ2) is 5.12. The van der Waals surface area contributed by atoms with Gasteiger partial charge in [0.15, 0.2) is 0 Å². The fourth-order valence-corrected chi connectivity index (χ4v) is 1.27. The van der Waals surface area contributed by atoms with E-state index in [-0.39, 0.29) is 5.91 Å². The first-order valence-electron chi connectivity index (χ1n) is 5.41. The summed E-state index contributed by atoms with van der Waals surface area (Å²) in [6, 6.07) is 9.63. The van der Waals surface area contributed by atoms with Crippen LogP contribution in [-0.2, 0) is 11.3 Å². The van der Waals surface area contributed by atoms with Gasteiger partial charge in [0.05, 0.1) is 0 Å². The van der Waals surface area contributed by atoms with Crippen molar-refractivity contribution in [2.45, 2.75) is 33.4 Å². The first kappa shape index (κ1) is 12.7.